The van der Waals surface area contributed by atoms with Crippen molar-refractivity contribution in [2.24, 2.45) is 0 Å². The van der Waals surface area contributed by atoms with E-state index in [9.17, 15) is 8.78 Å². The van der Waals surface area contributed by atoms with Crippen LogP contribution >= 0.6 is 27.7 Å². The Bertz CT molecular complexity index is 617. The van der Waals surface area contributed by atoms with E-state index >= 15 is 0 Å². The zero-order chi connectivity index (χ0) is 14.0. The summed E-state index contributed by atoms with van der Waals surface area (Å²) in [6.45, 7) is 1.95. The smallest absolute Gasteiger partial charge is 0.144 e. The van der Waals surface area contributed by atoms with Gasteiger partial charge in [-0.25, -0.2) is 8.78 Å². The fourth-order valence-corrected chi connectivity index (χ4v) is 3.06. The molecule has 0 aliphatic heterocycles. The highest BCUT2D eigenvalue weighted by Gasteiger charge is 2.13. The minimum Gasteiger partial charge on any atom is -0.398 e. The SMILES string of the molecule is Cc1ccc(N)c(SCc2c(F)ccc(Br)c2F)c1. The van der Waals surface area contributed by atoms with Crippen LogP contribution in [0, 0.1) is 18.6 Å². The maximum Gasteiger partial charge on any atom is 0.144 e. The maximum atomic E-state index is 13.8. The second-order valence-corrected chi connectivity index (χ2v) is 6.02. The molecule has 0 saturated heterocycles. The fraction of sp³-hybridized carbons (Fsp3) is 0.143. The number of aryl methyl sites for hydroxylation is 1. The molecule has 2 rings (SSSR count). The summed E-state index contributed by atoms with van der Waals surface area (Å²) in [6.07, 6.45) is 0. The van der Waals surface area contributed by atoms with Crippen molar-refractivity contribution in [2.45, 2.75) is 17.6 Å². The number of anilines is 1. The molecular weight excluding hydrogens is 332 g/mol. The van der Waals surface area contributed by atoms with Gasteiger partial charge in [-0.05, 0) is 52.7 Å². The molecule has 2 aromatic rings. The number of benzene rings is 2. The minimum absolute atomic E-state index is 0.0558. The molecule has 0 aliphatic carbocycles. The molecule has 100 valence electrons. The Balaban J connectivity index is 2.24. The van der Waals surface area contributed by atoms with E-state index in [4.69, 9.17) is 5.73 Å². The van der Waals surface area contributed by atoms with E-state index in [1.807, 2.05) is 19.1 Å². The Labute approximate surface area is 123 Å². The van der Waals surface area contributed by atoms with Crippen LogP contribution in [0.2, 0.25) is 0 Å². The Morgan fingerprint density at radius 3 is 2.68 bits per heavy atom. The first-order chi connectivity index (χ1) is 8.99. The van der Waals surface area contributed by atoms with Crippen LogP contribution in [0.1, 0.15) is 11.1 Å². The number of rotatable bonds is 3. The van der Waals surface area contributed by atoms with Crippen LogP contribution in [-0.2, 0) is 5.75 Å². The molecule has 0 bridgehead atoms. The molecular formula is C14H12BrF2NS. The molecule has 5 heteroatoms. The third-order valence-corrected chi connectivity index (χ3v) is 4.39. The van der Waals surface area contributed by atoms with Crippen molar-refractivity contribution >= 4 is 33.4 Å². The van der Waals surface area contributed by atoms with E-state index in [1.54, 1.807) is 6.07 Å². The Morgan fingerprint density at radius 2 is 1.95 bits per heavy atom. The summed E-state index contributed by atoms with van der Waals surface area (Å²) in [5.41, 5.74) is 7.58. The molecule has 0 unspecified atom stereocenters. The van der Waals surface area contributed by atoms with Crippen LogP contribution in [0.3, 0.4) is 0 Å². The van der Waals surface area contributed by atoms with Gasteiger partial charge in [-0.3, -0.25) is 0 Å². The first-order valence-electron chi connectivity index (χ1n) is 5.60. The maximum absolute atomic E-state index is 13.8. The zero-order valence-electron chi connectivity index (χ0n) is 10.2. The first kappa shape index (κ1) is 14.3. The minimum atomic E-state index is -0.557. The van der Waals surface area contributed by atoms with E-state index < -0.39 is 11.6 Å². The monoisotopic (exact) mass is 343 g/mol. The van der Waals surface area contributed by atoms with Gasteiger partial charge in [0.05, 0.1) is 4.47 Å². The van der Waals surface area contributed by atoms with E-state index in [0.29, 0.717) is 5.69 Å². The molecule has 0 aliphatic rings. The fourth-order valence-electron chi connectivity index (χ4n) is 1.62. The molecule has 2 N–H and O–H groups in total. The summed E-state index contributed by atoms with van der Waals surface area (Å²) in [6, 6.07) is 8.22. The van der Waals surface area contributed by atoms with Crippen molar-refractivity contribution in [1.29, 1.82) is 0 Å². The number of nitrogens with two attached hydrogens (primary N) is 1. The largest absolute Gasteiger partial charge is 0.398 e. The Hall–Kier alpha value is -1.07. The van der Waals surface area contributed by atoms with Gasteiger partial charge < -0.3 is 5.73 Å². The van der Waals surface area contributed by atoms with Crippen LogP contribution in [0.25, 0.3) is 0 Å². The van der Waals surface area contributed by atoms with Gasteiger partial charge in [0.1, 0.15) is 11.6 Å². The molecule has 2 aromatic carbocycles. The van der Waals surface area contributed by atoms with E-state index in [1.165, 1.54) is 23.9 Å². The molecule has 19 heavy (non-hydrogen) atoms. The van der Waals surface area contributed by atoms with Crippen molar-refractivity contribution in [2.75, 3.05) is 5.73 Å². The van der Waals surface area contributed by atoms with Gasteiger partial charge >= 0.3 is 0 Å². The molecule has 0 radical (unpaired) electrons. The number of thioether (sulfide) groups is 1. The number of nitrogen functional groups attached to an aromatic ring is 1. The second-order valence-electron chi connectivity index (χ2n) is 4.15. The molecule has 0 atom stereocenters. The van der Waals surface area contributed by atoms with Gasteiger partial charge in [0.2, 0.25) is 0 Å². The molecule has 0 fully saturated rings. The topological polar surface area (TPSA) is 26.0 Å². The average molecular weight is 344 g/mol. The van der Waals surface area contributed by atoms with Gasteiger partial charge in [0.15, 0.2) is 0 Å². The van der Waals surface area contributed by atoms with E-state index in [2.05, 4.69) is 15.9 Å². The summed E-state index contributed by atoms with van der Waals surface area (Å²) in [7, 11) is 0. The van der Waals surface area contributed by atoms with Crippen LogP contribution in [0.5, 0.6) is 0 Å². The number of halogens is 3. The molecule has 0 amide bonds. The Kier molecular flexibility index (Phi) is 4.47. The third kappa shape index (κ3) is 3.28. The number of hydrogen-bond acceptors (Lipinski definition) is 2. The highest BCUT2D eigenvalue weighted by Crippen LogP contribution is 2.32. The van der Waals surface area contributed by atoms with Crippen LogP contribution in [-0.4, -0.2) is 0 Å². The summed E-state index contributed by atoms with van der Waals surface area (Å²) in [5.74, 6) is -0.900. The molecule has 0 spiro atoms. The Morgan fingerprint density at radius 1 is 1.21 bits per heavy atom. The molecule has 1 nitrogen and oxygen atoms in total. The summed E-state index contributed by atoms with van der Waals surface area (Å²) < 4.78 is 27.7. The van der Waals surface area contributed by atoms with Crippen molar-refractivity contribution in [3.8, 4) is 0 Å². The predicted octanol–water partition coefficient (Wildman–Crippen LogP) is 4.91. The van der Waals surface area contributed by atoms with Crippen LogP contribution in [0.15, 0.2) is 39.7 Å². The van der Waals surface area contributed by atoms with Crippen molar-refractivity contribution in [1.82, 2.24) is 0 Å². The van der Waals surface area contributed by atoms with Gasteiger partial charge in [0, 0.05) is 21.9 Å². The highest BCUT2D eigenvalue weighted by atomic mass is 79.9. The van der Waals surface area contributed by atoms with Crippen molar-refractivity contribution in [3.05, 3.63) is 57.6 Å². The van der Waals surface area contributed by atoms with Crippen LogP contribution in [0.4, 0.5) is 14.5 Å². The van der Waals surface area contributed by atoms with E-state index in [0.717, 1.165) is 10.5 Å². The van der Waals surface area contributed by atoms with Gasteiger partial charge in [-0.2, -0.15) is 0 Å². The zero-order valence-corrected chi connectivity index (χ0v) is 12.6. The third-order valence-electron chi connectivity index (χ3n) is 2.68. The lowest BCUT2D eigenvalue weighted by molar-refractivity contribution is 0.562. The first-order valence-corrected chi connectivity index (χ1v) is 7.38. The summed E-state index contributed by atoms with van der Waals surface area (Å²) >= 11 is 4.38. The van der Waals surface area contributed by atoms with Crippen molar-refractivity contribution < 1.29 is 8.78 Å². The molecule has 0 aromatic heterocycles. The molecule has 0 saturated carbocycles. The normalized spacial score (nSPS) is 10.7. The van der Waals surface area contributed by atoms with Gasteiger partial charge in [-0.15, -0.1) is 11.8 Å². The summed E-state index contributed by atoms with van der Waals surface area (Å²) in [4.78, 5) is 0.832. The lowest BCUT2D eigenvalue weighted by atomic mass is 10.2. The quantitative estimate of drug-likeness (QED) is 0.486. The van der Waals surface area contributed by atoms with Gasteiger partial charge in [0.25, 0.3) is 0 Å². The van der Waals surface area contributed by atoms with Gasteiger partial charge in [-0.1, -0.05) is 6.07 Å². The lowest BCUT2D eigenvalue weighted by Crippen LogP contribution is -1.96. The average Bonchev–Trinajstić information content (AvgIpc) is 2.38. The summed E-state index contributed by atoms with van der Waals surface area (Å²) in [5, 5.41) is 0. The van der Waals surface area contributed by atoms with Crippen LogP contribution < -0.4 is 5.73 Å². The predicted molar refractivity (Wildman–Crippen MR) is 79.2 cm³/mol. The van der Waals surface area contributed by atoms with Crippen molar-refractivity contribution in [3.63, 3.8) is 0 Å². The molecule has 0 heterocycles. The standard InChI is InChI=1S/C14H12BrF2NS/c1-8-2-5-12(18)13(6-8)19-7-9-11(16)4-3-10(15)14(9)17/h2-6H,7,18H2,1H3. The lowest BCUT2D eigenvalue weighted by Gasteiger charge is -2.09. The highest BCUT2D eigenvalue weighted by molar-refractivity contribution is 9.10. The number of hydrogen-bond donors (Lipinski definition) is 1. The van der Waals surface area contributed by atoms with E-state index in [-0.39, 0.29) is 15.8 Å². The second kappa shape index (κ2) is 5.92.